The predicted molar refractivity (Wildman–Crippen MR) is 173 cm³/mol. The lowest BCUT2D eigenvalue weighted by molar-refractivity contribution is -0.147. The van der Waals surface area contributed by atoms with Gasteiger partial charge in [0.15, 0.2) is 0 Å². The van der Waals surface area contributed by atoms with Gasteiger partial charge in [0.05, 0.1) is 23.2 Å². The van der Waals surface area contributed by atoms with E-state index in [2.05, 4.69) is 63.7 Å². The lowest BCUT2D eigenvalue weighted by atomic mass is 9.70. The van der Waals surface area contributed by atoms with Crippen molar-refractivity contribution in [1.29, 1.82) is 0 Å². The van der Waals surface area contributed by atoms with Crippen molar-refractivity contribution in [3.05, 3.63) is 61.2 Å². The fraction of sp³-hybridized carbons (Fsp3) is 0.606. The minimum Gasteiger partial charge on any atom is -0.395 e. The SMILES string of the molecule is C=CCN(Cc1ccccc1)C(=O)[C@H]1[C@H]2C(=O)N(CCO)C(C(=O)N(CC=C)C(C)(C)CC(C)(C)C)C23CC(Br)[C@@H]1S3. The number of amides is 3. The number of aliphatic hydroxyl groups excluding tert-OH is 1. The van der Waals surface area contributed by atoms with Crippen LogP contribution in [0, 0.1) is 17.3 Å². The minimum absolute atomic E-state index is 0.0253. The number of carbonyl (C=O) groups excluding carboxylic acids is 3. The van der Waals surface area contributed by atoms with E-state index >= 15 is 0 Å². The third-order valence-corrected chi connectivity index (χ3v) is 12.0. The van der Waals surface area contributed by atoms with Gasteiger partial charge in [0.25, 0.3) is 0 Å². The molecule has 1 spiro atoms. The predicted octanol–water partition coefficient (Wildman–Crippen LogP) is 4.89. The number of benzene rings is 1. The molecule has 3 fully saturated rings. The number of halogens is 1. The number of alkyl halides is 1. The van der Waals surface area contributed by atoms with Crippen LogP contribution in [-0.2, 0) is 20.9 Å². The van der Waals surface area contributed by atoms with Gasteiger partial charge in [0.1, 0.15) is 6.04 Å². The summed E-state index contributed by atoms with van der Waals surface area (Å²) < 4.78 is -0.772. The Morgan fingerprint density at radius 1 is 1.12 bits per heavy atom. The van der Waals surface area contributed by atoms with Crippen LogP contribution in [0.2, 0.25) is 0 Å². The molecule has 2 bridgehead atoms. The van der Waals surface area contributed by atoms with Crippen molar-refractivity contribution >= 4 is 45.4 Å². The van der Waals surface area contributed by atoms with E-state index in [-0.39, 0.29) is 46.4 Å². The van der Waals surface area contributed by atoms with Crippen LogP contribution in [0.1, 0.15) is 53.0 Å². The quantitative estimate of drug-likeness (QED) is 0.255. The summed E-state index contributed by atoms with van der Waals surface area (Å²) in [6.45, 7) is 19.3. The van der Waals surface area contributed by atoms with E-state index in [1.54, 1.807) is 33.7 Å². The lowest BCUT2D eigenvalue weighted by Crippen LogP contribution is -2.60. The number of β-amino-alcohol motifs (C(OH)–C–C–N with tert-alkyl or cyclic N) is 1. The number of rotatable bonds is 12. The third kappa shape index (κ3) is 5.98. The monoisotopic (exact) mass is 659 g/mol. The van der Waals surface area contributed by atoms with Crippen LogP contribution in [-0.4, -0.2) is 90.2 Å². The van der Waals surface area contributed by atoms with Gasteiger partial charge in [0, 0.05) is 41.8 Å². The van der Waals surface area contributed by atoms with Crippen LogP contribution < -0.4 is 0 Å². The molecule has 42 heavy (non-hydrogen) atoms. The molecule has 9 heteroatoms. The Hall–Kier alpha value is -2.10. The van der Waals surface area contributed by atoms with Gasteiger partial charge in [-0.25, -0.2) is 0 Å². The zero-order valence-electron chi connectivity index (χ0n) is 25.6. The van der Waals surface area contributed by atoms with Crippen LogP contribution in [0.15, 0.2) is 55.6 Å². The van der Waals surface area contributed by atoms with Crippen molar-refractivity contribution in [1.82, 2.24) is 14.7 Å². The van der Waals surface area contributed by atoms with Crippen LogP contribution in [0.25, 0.3) is 0 Å². The number of aliphatic hydroxyl groups is 1. The molecule has 3 saturated heterocycles. The first-order valence-electron chi connectivity index (χ1n) is 14.8. The molecule has 6 atom stereocenters. The molecule has 3 aliphatic rings. The summed E-state index contributed by atoms with van der Waals surface area (Å²) in [7, 11) is 0. The zero-order valence-corrected chi connectivity index (χ0v) is 28.0. The molecule has 0 aromatic heterocycles. The van der Waals surface area contributed by atoms with Crippen molar-refractivity contribution in [2.24, 2.45) is 17.3 Å². The molecule has 0 aliphatic carbocycles. The normalized spacial score (nSPS) is 28.5. The second-order valence-corrected chi connectivity index (χ2v) is 16.4. The van der Waals surface area contributed by atoms with Gasteiger partial charge in [-0.05, 0) is 37.7 Å². The molecule has 3 heterocycles. The van der Waals surface area contributed by atoms with Gasteiger partial charge in [-0.2, -0.15) is 0 Å². The first-order chi connectivity index (χ1) is 19.7. The molecule has 1 N–H and O–H groups in total. The van der Waals surface area contributed by atoms with Gasteiger partial charge in [-0.1, -0.05) is 79.2 Å². The van der Waals surface area contributed by atoms with Crippen molar-refractivity contribution in [2.45, 2.75) is 80.4 Å². The van der Waals surface area contributed by atoms with Gasteiger partial charge >= 0.3 is 0 Å². The van der Waals surface area contributed by atoms with Crippen molar-refractivity contribution < 1.29 is 19.5 Å². The van der Waals surface area contributed by atoms with Crippen LogP contribution in [0.3, 0.4) is 0 Å². The Labute approximate surface area is 263 Å². The van der Waals surface area contributed by atoms with Crippen molar-refractivity contribution in [3.8, 4) is 0 Å². The van der Waals surface area contributed by atoms with E-state index in [9.17, 15) is 19.5 Å². The summed E-state index contributed by atoms with van der Waals surface area (Å²) in [5.41, 5.74) is 0.460. The minimum atomic E-state index is -0.781. The molecule has 3 aliphatic heterocycles. The lowest BCUT2D eigenvalue weighted by Gasteiger charge is -2.46. The molecule has 0 radical (unpaired) electrons. The molecule has 1 aromatic carbocycles. The molecule has 3 unspecified atom stereocenters. The highest BCUT2D eigenvalue weighted by atomic mass is 79.9. The Kier molecular flexibility index (Phi) is 9.75. The summed E-state index contributed by atoms with van der Waals surface area (Å²) in [5.74, 6) is -1.66. The summed E-state index contributed by atoms with van der Waals surface area (Å²) in [6, 6.07) is 9.03. The number of hydrogen-bond acceptors (Lipinski definition) is 5. The maximum atomic E-state index is 14.8. The smallest absolute Gasteiger partial charge is 0.247 e. The number of likely N-dealkylation sites (tertiary alicyclic amines) is 1. The molecular formula is C33H46BrN3O4S. The highest BCUT2D eigenvalue weighted by molar-refractivity contribution is 9.09. The second kappa shape index (κ2) is 12.5. The summed E-state index contributed by atoms with van der Waals surface area (Å²) in [6.07, 6.45) is 4.81. The fourth-order valence-electron chi connectivity index (χ4n) is 7.75. The van der Waals surface area contributed by atoms with E-state index in [0.29, 0.717) is 26.1 Å². The molecule has 0 saturated carbocycles. The third-order valence-electron chi connectivity index (χ3n) is 8.80. The number of fused-ring (bicyclic) bond motifs is 1. The van der Waals surface area contributed by atoms with E-state index in [1.165, 1.54) is 0 Å². The maximum absolute atomic E-state index is 14.8. The zero-order chi connectivity index (χ0) is 31.0. The summed E-state index contributed by atoms with van der Waals surface area (Å²) in [4.78, 5) is 48.6. The average Bonchev–Trinajstić information content (AvgIpc) is 3.49. The van der Waals surface area contributed by atoms with E-state index < -0.39 is 28.2 Å². The first kappa shape index (κ1) is 32.8. The van der Waals surface area contributed by atoms with Gasteiger partial charge < -0.3 is 19.8 Å². The standard InChI is InChI=1S/C33H46BrN3O4S/c1-8-15-35(20-22-13-11-10-12-14-22)28(39)24-25-29(40)36(17-18-38)27(33(25)19-23(34)26(24)42-33)30(41)37(16-9-2)32(6,7)21-31(3,4)5/h8-14,23-27,38H,1-2,15-21H2,3-7H3/t23?,24-,25-,26-,27?,33?/m0/s1. The summed E-state index contributed by atoms with van der Waals surface area (Å²) in [5, 5.41) is 9.90. The Morgan fingerprint density at radius 3 is 2.33 bits per heavy atom. The molecule has 230 valence electrons. The van der Waals surface area contributed by atoms with Gasteiger partial charge in [-0.15, -0.1) is 24.9 Å². The molecule has 1 aromatic rings. The number of nitrogens with zero attached hydrogens (tertiary/aromatic N) is 3. The van der Waals surface area contributed by atoms with Gasteiger partial charge in [0.2, 0.25) is 17.7 Å². The Balaban J connectivity index is 1.75. The largest absolute Gasteiger partial charge is 0.395 e. The Morgan fingerprint density at radius 2 is 1.76 bits per heavy atom. The Bertz CT molecular complexity index is 1200. The van der Waals surface area contributed by atoms with E-state index in [0.717, 1.165) is 12.0 Å². The van der Waals surface area contributed by atoms with E-state index in [1.807, 2.05) is 35.2 Å². The second-order valence-electron chi connectivity index (χ2n) is 13.7. The van der Waals surface area contributed by atoms with Crippen LogP contribution in [0.4, 0.5) is 0 Å². The number of thioether (sulfide) groups is 1. The summed E-state index contributed by atoms with van der Waals surface area (Å²) >= 11 is 5.49. The highest BCUT2D eigenvalue weighted by Gasteiger charge is 2.76. The molecule has 7 nitrogen and oxygen atoms in total. The average molecular weight is 661 g/mol. The maximum Gasteiger partial charge on any atom is 0.247 e. The fourth-order valence-corrected chi connectivity index (χ4v) is 11.3. The molecule has 3 amide bonds. The first-order valence-corrected chi connectivity index (χ1v) is 16.6. The van der Waals surface area contributed by atoms with Crippen molar-refractivity contribution in [3.63, 3.8) is 0 Å². The highest BCUT2D eigenvalue weighted by Crippen LogP contribution is 2.68. The molecule has 4 rings (SSSR count). The van der Waals surface area contributed by atoms with Crippen LogP contribution >= 0.6 is 27.7 Å². The number of hydrogen-bond donors (Lipinski definition) is 1. The topological polar surface area (TPSA) is 81.2 Å². The van der Waals surface area contributed by atoms with Crippen LogP contribution in [0.5, 0.6) is 0 Å². The van der Waals surface area contributed by atoms with Gasteiger partial charge in [-0.3, -0.25) is 14.4 Å². The van der Waals surface area contributed by atoms with Crippen molar-refractivity contribution in [2.75, 3.05) is 26.2 Å². The van der Waals surface area contributed by atoms with E-state index in [4.69, 9.17) is 0 Å². The number of carbonyl (C=O) groups is 3. The molecular weight excluding hydrogens is 614 g/mol.